The number of primary sulfonamides is 1. The Morgan fingerprint density at radius 1 is 1.30 bits per heavy atom. The van der Waals surface area contributed by atoms with E-state index in [1.165, 1.54) is 12.3 Å². The Bertz CT molecular complexity index is 925. The number of nitrogens with two attached hydrogens (primary N) is 1. The van der Waals surface area contributed by atoms with E-state index in [0.717, 1.165) is 19.0 Å². The summed E-state index contributed by atoms with van der Waals surface area (Å²) in [5.74, 6) is 0.966. The summed E-state index contributed by atoms with van der Waals surface area (Å²) in [7, 11) is -3.88. The molecular formula is C17H23N5O4S. The Kier molecular flexibility index (Phi) is 5.56. The van der Waals surface area contributed by atoms with E-state index < -0.39 is 10.0 Å². The van der Waals surface area contributed by atoms with Crippen LogP contribution >= 0.6 is 0 Å². The van der Waals surface area contributed by atoms with Gasteiger partial charge in [0.25, 0.3) is 0 Å². The number of carbonyl (C=O) groups is 1. The van der Waals surface area contributed by atoms with Crippen molar-refractivity contribution < 1.29 is 17.7 Å². The number of hydrogen-bond donors (Lipinski definition) is 1. The molecule has 0 aromatic carbocycles. The van der Waals surface area contributed by atoms with Gasteiger partial charge in [0.2, 0.25) is 27.6 Å². The van der Waals surface area contributed by atoms with Crippen LogP contribution in [0.15, 0.2) is 27.9 Å². The van der Waals surface area contributed by atoms with Crippen LogP contribution in [0.4, 0.5) is 0 Å². The van der Waals surface area contributed by atoms with Crippen molar-refractivity contribution in [3.05, 3.63) is 24.4 Å². The van der Waals surface area contributed by atoms with Crippen molar-refractivity contribution >= 4 is 15.9 Å². The predicted molar refractivity (Wildman–Crippen MR) is 96.7 cm³/mol. The summed E-state index contributed by atoms with van der Waals surface area (Å²) in [5.41, 5.74) is 0.379. The van der Waals surface area contributed by atoms with Gasteiger partial charge in [0.15, 0.2) is 0 Å². The summed E-state index contributed by atoms with van der Waals surface area (Å²) in [6.07, 6.45) is 5.66. The molecule has 1 aliphatic heterocycles. The number of nitrogens with zero attached hydrogens (tertiary/aromatic N) is 4. The van der Waals surface area contributed by atoms with Gasteiger partial charge in [0, 0.05) is 30.9 Å². The van der Waals surface area contributed by atoms with Gasteiger partial charge in [-0.25, -0.2) is 13.6 Å². The molecule has 0 saturated carbocycles. The summed E-state index contributed by atoms with van der Waals surface area (Å²) in [4.78, 5) is 22.4. The molecule has 0 spiro atoms. The Hall–Kier alpha value is -2.33. The Morgan fingerprint density at radius 2 is 2.07 bits per heavy atom. The molecule has 0 aliphatic carbocycles. The van der Waals surface area contributed by atoms with E-state index in [4.69, 9.17) is 9.66 Å². The molecule has 3 heterocycles. The second kappa shape index (κ2) is 7.73. The molecule has 1 aliphatic rings. The fourth-order valence-corrected chi connectivity index (χ4v) is 3.65. The van der Waals surface area contributed by atoms with E-state index in [9.17, 15) is 13.2 Å². The first-order valence-electron chi connectivity index (χ1n) is 8.87. The first-order valence-corrected chi connectivity index (χ1v) is 10.4. The molecule has 9 nitrogen and oxygen atoms in total. The quantitative estimate of drug-likeness (QED) is 0.792. The smallest absolute Gasteiger partial charge is 0.249 e. The van der Waals surface area contributed by atoms with Crippen molar-refractivity contribution in [3.63, 3.8) is 0 Å². The number of carbonyl (C=O) groups excluding carboxylic acids is 1. The Balaban J connectivity index is 1.93. The average molecular weight is 393 g/mol. The number of amides is 1. The molecular weight excluding hydrogens is 370 g/mol. The van der Waals surface area contributed by atoms with Crippen LogP contribution in [-0.4, -0.2) is 40.9 Å². The largest absolute Gasteiger partial charge is 0.337 e. The van der Waals surface area contributed by atoms with Gasteiger partial charge in [0.1, 0.15) is 10.9 Å². The van der Waals surface area contributed by atoms with Crippen LogP contribution in [0.25, 0.3) is 11.4 Å². The highest BCUT2D eigenvalue weighted by molar-refractivity contribution is 7.89. The van der Waals surface area contributed by atoms with Crippen LogP contribution in [0.3, 0.4) is 0 Å². The lowest BCUT2D eigenvalue weighted by molar-refractivity contribution is -0.137. The molecule has 146 valence electrons. The Labute approximate surface area is 158 Å². The summed E-state index contributed by atoms with van der Waals surface area (Å²) in [5, 5.41) is 9.11. The molecule has 27 heavy (non-hydrogen) atoms. The van der Waals surface area contributed by atoms with Crippen molar-refractivity contribution in [1.29, 1.82) is 0 Å². The molecule has 1 unspecified atom stereocenters. The van der Waals surface area contributed by atoms with Crippen molar-refractivity contribution in [2.24, 2.45) is 11.1 Å². The lowest BCUT2D eigenvalue weighted by atomic mass is 9.99. The topological polar surface area (TPSA) is 132 Å². The fourth-order valence-electron chi connectivity index (χ4n) is 3.15. The monoisotopic (exact) mass is 393 g/mol. The molecule has 10 heteroatoms. The van der Waals surface area contributed by atoms with Gasteiger partial charge in [-0.2, -0.15) is 4.98 Å². The Morgan fingerprint density at radius 3 is 2.74 bits per heavy atom. The SMILES string of the molecule is CC(C)CC(c1nc(-c2cncc(S(N)(=O)=O)c2)no1)N1CCCCC1=O. The van der Waals surface area contributed by atoms with Crippen molar-refractivity contribution in [2.75, 3.05) is 6.54 Å². The van der Waals surface area contributed by atoms with E-state index >= 15 is 0 Å². The van der Waals surface area contributed by atoms with E-state index in [0.29, 0.717) is 36.8 Å². The van der Waals surface area contributed by atoms with Crippen LogP contribution in [0, 0.1) is 5.92 Å². The third-order valence-electron chi connectivity index (χ3n) is 4.46. The fraction of sp³-hybridized carbons (Fsp3) is 0.529. The molecule has 1 atom stereocenters. The maximum atomic E-state index is 12.4. The normalized spacial score (nSPS) is 16.7. The van der Waals surface area contributed by atoms with E-state index in [1.807, 2.05) is 0 Å². The molecule has 0 radical (unpaired) electrons. The molecule has 0 bridgehead atoms. The number of sulfonamides is 1. The zero-order valence-electron chi connectivity index (χ0n) is 15.3. The average Bonchev–Trinajstić information content (AvgIpc) is 3.09. The maximum Gasteiger partial charge on any atom is 0.249 e. The molecule has 2 aromatic rings. The second-order valence-corrected chi connectivity index (χ2v) is 8.66. The number of rotatable bonds is 6. The van der Waals surface area contributed by atoms with Crippen LogP contribution in [0.1, 0.15) is 51.5 Å². The van der Waals surface area contributed by atoms with Gasteiger partial charge in [-0.15, -0.1) is 0 Å². The lowest BCUT2D eigenvalue weighted by Crippen LogP contribution is -2.39. The third-order valence-corrected chi connectivity index (χ3v) is 5.34. The summed E-state index contributed by atoms with van der Waals surface area (Å²) in [6.45, 7) is 4.80. The van der Waals surface area contributed by atoms with Crippen LogP contribution in [-0.2, 0) is 14.8 Å². The summed E-state index contributed by atoms with van der Waals surface area (Å²) < 4.78 is 28.5. The zero-order valence-corrected chi connectivity index (χ0v) is 16.1. The van der Waals surface area contributed by atoms with Crippen LogP contribution in [0.2, 0.25) is 0 Å². The van der Waals surface area contributed by atoms with Gasteiger partial charge >= 0.3 is 0 Å². The molecule has 1 saturated heterocycles. The maximum absolute atomic E-state index is 12.4. The summed E-state index contributed by atoms with van der Waals surface area (Å²) in [6, 6.07) is 1.05. The highest BCUT2D eigenvalue weighted by Crippen LogP contribution is 2.31. The number of aromatic nitrogens is 3. The minimum atomic E-state index is -3.88. The number of pyridine rings is 1. The van der Waals surface area contributed by atoms with E-state index in [-0.39, 0.29) is 22.7 Å². The lowest BCUT2D eigenvalue weighted by Gasteiger charge is -2.33. The molecule has 3 rings (SSSR count). The van der Waals surface area contributed by atoms with Crippen LogP contribution in [0.5, 0.6) is 0 Å². The molecule has 2 N–H and O–H groups in total. The van der Waals surface area contributed by atoms with Gasteiger partial charge in [-0.1, -0.05) is 19.0 Å². The van der Waals surface area contributed by atoms with Gasteiger partial charge in [-0.3, -0.25) is 9.78 Å². The molecule has 1 fully saturated rings. The minimum Gasteiger partial charge on any atom is -0.337 e. The van der Waals surface area contributed by atoms with E-state index in [2.05, 4.69) is 29.0 Å². The van der Waals surface area contributed by atoms with E-state index in [1.54, 1.807) is 4.90 Å². The first-order chi connectivity index (χ1) is 12.8. The second-order valence-electron chi connectivity index (χ2n) is 7.10. The highest BCUT2D eigenvalue weighted by Gasteiger charge is 2.32. The molecule has 2 aromatic heterocycles. The number of piperidine rings is 1. The summed E-state index contributed by atoms with van der Waals surface area (Å²) >= 11 is 0. The number of likely N-dealkylation sites (tertiary alicyclic amines) is 1. The minimum absolute atomic E-state index is 0.0875. The third kappa shape index (κ3) is 4.51. The van der Waals surface area contributed by atoms with Crippen molar-refractivity contribution in [1.82, 2.24) is 20.0 Å². The standard InChI is InChI=1S/C17H23N5O4S/c1-11(2)7-14(22-6-4-3-5-15(22)23)17-20-16(21-26-17)12-8-13(10-19-9-12)27(18,24)25/h8-11,14H,3-7H2,1-2H3,(H2,18,24,25). The first kappa shape index (κ1) is 19.4. The zero-order chi connectivity index (χ0) is 19.6. The van der Waals surface area contributed by atoms with Gasteiger partial charge in [-0.05, 0) is 31.2 Å². The highest BCUT2D eigenvalue weighted by atomic mass is 32.2. The van der Waals surface area contributed by atoms with Crippen molar-refractivity contribution in [3.8, 4) is 11.4 Å². The number of hydrogen-bond acceptors (Lipinski definition) is 7. The van der Waals surface area contributed by atoms with Crippen LogP contribution < -0.4 is 5.14 Å². The van der Waals surface area contributed by atoms with Crippen molar-refractivity contribution in [2.45, 2.75) is 50.5 Å². The molecule has 1 amide bonds. The predicted octanol–water partition coefficient (Wildman–Crippen LogP) is 1.88. The van der Waals surface area contributed by atoms with Gasteiger partial charge in [0.05, 0.1) is 0 Å². The van der Waals surface area contributed by atoms with Gasteiger partial charge < -0.3 is 9.42 Å².